The third kappa shape index (κ3) is 6.55. The Balaban J connectivity index is 1.39. The van der Waals surface area contributed by atoms with E-state index in [-0.39, 0.29) is 0 Å². The van der Waals surface area contributed by atoms with Crippen LogP contribution >= 0.6 is 0 Å². The van der Waals surface area contributed by atoms with Crippen LogP contribution in [-0.2, 0) is 19.3 Å². The van der Waals surface area contributed by atoms with Crippen molar-refractivity contribution in [2.45, 2.75) is 33.1 Å². The minimum Gasteiger partial charge on any atom is -0.236 e. The summed E-state index contributed by atoms with van der Waals surface area (Å²) in [6.45, 7) is 4.23. The molecule has 0 saturated carbocycles. The Hall–Kier alpha value is -6.13. The molecule has 0 aliphatic carbocycles. The molecule has 0 atom stereocenters. The second-order valence-corrected chi connectivity index (χ2v) is 12.2. The molecule has 7 heteroatoms. The van der Waals surface area contributed by atoms with Crippen LogP contribution in [0.2, 0.25) is 0 Å². The molecule has 3 heterocycles. The van der Waals surface area contributed by atoms with Gasteiger partial charge in [0.25, 0.3) is 0 Å². The van der Waals surface area contributed by atoms with Gasteiger partial charge in [0.05, 0.1) is 33.8 Å². The number of aromatic nitrogens is 6. The highest BCUT2D eigenvalue weighted by molar-refractivity contribution is 5.86. The molecule has 0 radical (unpaired) electrons. The van der Waals surface area contributed by atoms with Crippen LogP contribution in [0.3, 0.4) is 0 Å². The van der Waals surface area contributed by atoms with Gasteiger partial charge in [-0.3, -0.25) is 0 Å². The lowest BCUT2D eigenvalue weighted by atomic mass is 9.98. The van der Waals surface area contributed by atoms with Crippen LogP contribution in [0.15, 0.2) is 122 Å². The minimum absolute atomic E-state index is 0.329. The first-order chi connectivity index (χ1) is 23.6. The zero-order valence-electron chi connectivity index (χ0n) is 26.9. The Morgan fingerprint density at radius 2 is 1.17 bits per heavy atom. The van der Waals surface area contributed by atoms with Crippen LogP contribution in [0, 0.1) is 17.2 Å². The fourth-order valence-electron chi connectivity index (χ4n) is 5.93. The highest BCUT2D eigenvalue weighted by atomic mass is 15.0. The molecule has 0 fully saturated rings. The van der Waals surface area contributed by atoms with Gasteiger partial charge in [-0.2, -0.15) is 5.26 Å². The van der Waals surface area contributed by atoms with Crippen molar-refractivity contribution in [1.29, 1.82) is 5.26 Å². The van der Waals surface area contributed by atoms with Gasteiger partial charge in [-0.25, -0.2) is 29.9 Å². The Kier molecular flexibility index (Phi) is 8.71. The molecule has 232 valence electrons. The second kappa shape index (κ2) is 13.7. The van der Waals surface area contributed by atoms with Gasteiger partial charge in [0.15, 0.2) is 17.5 Å². The summed E-state index contributed by atoms with van der Waals surface area (Å²) in [7, 11) is 0. The van der Waals surface area contributed by atoms with Gasteiger partial charge in [0.2, 0.25) is 0 Å². The summed E-state index contributed by atoms with van der Waals surface area (Å²) in [6, 6.07) is 37.2. The molecule has 0 amide bonds. The maximum atomic E-state index is 9.76. The van der Waals surface area contributed by atoms with E-state index in [9.17, 15) is 5.26 Å². The minimum atomic E-state index is 0.329. The van der Waals surface area contributed by atoms with Crippen molar-refractivity contribution in [3.8, 4) is 40.2 Å². The molecule has 7 aromatic rings. The predicted molar refractivity (Wildman–Crippen MR) is 189 cm³/mol. The number of nitrogens with zero attached hydrogens (tertiary/aromatic N) is 7. The van der Waals surface area contributed by atoms with Crippen LogP contribution in [0.5, 0.6) is 0 Å². The highest BCUT2D eigenvalue weighted by Gasteiger charge is 2.20. The topological polar surface area (TPSA) is 101 Å². The molecule has 7 nitrogen and oxygen atoms in total. The number of rotatable bonds is 9. The van der Waals surface area contributed by atoms with Crippen LogP contribution in [-0.4, -0.2) is 29.9 Å². The first-order valence-corrected chi connectivity index (χ1v) is 16.1. The SMILES string of the molecule is CC(C)Cc1nc(-c2cnc(-c3cnc(-c4ccccc4)nc3Cc3ccccc3)nc2Cc2cccc3ccccc23)ncc1C#N. The third-order valence-electron chi connectivity index (χ3n) is 8.29. The Bertz CT molecular complexity index is 2250. The Morgan fingerprint density at radius 1 is 0.583 bits per heavy atom. The quantitative estimate of drug-likeness (QED) is 0.159. The molecule has 0 N–H and O–H groups in total. The molecule has 0 bridgehead atoms. The predicted octanol–water partition coefficient (Wildman–Crippen LogP) is 8.46. The second-order valence-electron chi connectivity index (χ2n) is 12.2. The van der Waals surface area contributed by atoms with Crippen molar-refractivity contribution in [3.05, 3.63) is 155 Å². The van der Waals surface area contributed by atoms with Gasteiger partial charge >= 0.3 is 0 Å². The Morgan fingerprint density at radius 3 is 1.90 bits per heavy atom. The molecule has 3 aromatic heterocycles. The molecule has 7 rings (SSSR count). The number of hydrogen-bond donors (Lipinski definition) is 0. The molecule has 0 aliphatic rings. The number of hydrogen-bond acceptors (Lipinski definition) is 7. The van der Waals surface area contributed by atoms with Crippen molar-refractivity contribution in [3.63, 3.8) is 0 Å². The summed E-state index contributed by atoms with van der Waals surface area (Å²) < 4.78 is 0. The summed E-state index contributed by atoms with van der Waals surface area (Å²) in [5.41, 5.74) is 7.55. The first-order valence-electron chi connectivity index (χ1n) is 16.1. The van der Waals surface area contributed by atoms with E-state index in [0.29, 0.717) is 48.2 Å². The maximum absolute atomic E-state index is 9.76. The average molecular weight is 624 g/mol. The number of nitriles is 1. The van der Waals surface area contributed by atoms with Gasteiger partial charge in [-0.1, -0.05) is 117 Å². The van der Waals surface area contributed by atoms with E-state index in [0.717, 1.165) is 55.7 Å². The molecular formula is C41H33N7. The lowest BCUT2D eigenvalue weighted by Gasteiger charge is -2.15. The summed E-state index contributed by atoms with van der Waals surface area (Å²) in [4.78, 5) is 29.5. The lowest BCUT2D eigenvalue weighted by Crippen LogP contribution is -2.08. The molecule has 0 saturated heterocycles. The summed E-state index contributed by atoms with van der Waals surface area (Å²) in [5, 5.41) is 12.1. The smallest absolute Gasteiger partial charge is 0.162 e. The summed E-state index contributed by atoms with van der Waals surface area (Å²) in [5.74, 6) is 2.03. The number of fused-ring (bicyclic) bond motifs is 1. The van der Waals surface area contributed by atoms with Gasteiger partial charge in [-0.05, 0) is 34.2 Å². The van der Waals surface area contributed by atoms with Crippen LogP contribution in [0.4, 0.5) is 0 Å². The molecular weight excluding hydrogens is 591 g/mol. The summed E-state index contributed by atoms with van der Waals surface area (Å²) in [6.07, 6.45) is 7.06. The monoisotopic (exact) mass is 623 g/mol. The van der Waals surface area contributed by atoms with Gasteiger partial charge in [-0.15, -0.1) is 0 Å². The van der Waals surface area contributed by atoms with E-state index in [1.165, 1.54) is 0 Å². The Labute approximate surface area is 280 Å². The number of benzene rings is 4. The van der Waals surface area contributed by atoms with Crippen LogP contribution in [0.1, 0.15) is 47.6 Å². The molecule has 0 spiro atoms. The van der Waals surface area contributed by atoms with E-state index in [1.807, 2.05) is 54.7 Å². The third-order valence-corrected chi connectivity index (χ3v) is 8.29. The first kappa shape index (κ1) is 30.5. The largest absolute Gasteiger partial charge is 0.236 e. The van der Waals surface area contributed by atoms with Gasteiger partial charge in [0, 0.05) is 37.0 Å². The van der Waals surface area contributed by atoms with E-state index in [4.69, 9.17) is 24.9 Å². The van der Waals surface area contributed by atoms with Gasteiger partial charge < -0.3 is 0 Å². The van der Waals surface area contributed by atoms with Crippen molar-refractivity contribution in [1.82, 2.24) is 29.9 Å². The average Bonchev–Trinajstić information content (AvgIpc) is 3.12. The van der Waals surface area contributed by atoms with Crippen LogP contribution < -0.4 is 0 Å². The lowest BCUT2D eigenvalue weighted by molar-refractivity contribution is 0.633. The maximum Gasteiger partial charge on any atom is 0.162 e. The van der Waals surface area contributed by atoms with Crippen molar-refractivity contribution >= 4 is 10.8 Å². The fraction of sp³-hybridized carbons (Fsp3) is 0.146. The fourth-order valence-corrected chi connectivity index (χ4v) is 5.93. The zero-order valence-corrected chi connectivity index (χ0v) is 26.9. The molecule has 0 aliphatic heterocycles. The molecule has 4 aromatic carbocycles. The summed E-state index contributed by atoms with van der Waals surface area (Å²) >= 11 is 0. The van der Waals surface area contributed by atoms with Crippen LogP contribution in [0.25, 0.3) is 44.9 Å². The normalized spacial score (nSPS) is 11.1. The highest BCUT2D eigenvalue weighted by Crippen LogP contribution is 2.30. The van der Waals surface area contributed by atoms with E-state index in [1.54, 1.807) is 12.4 Å². The standard InChI is InChI=1S/C41H33N7/c1-27(2)20-36-32(23-42)24-43-40(46-36)35-26-45-41(48-38(35)22-31-18-11-17-29-14-9-10-19-33(29)31)34-25-44-39(30-15-7-4-8-16-30)47-37(34)21-28-12-5-3-6-13-28/h3-19,24-27H,20-22H2,1-2H3. The molecule has 0 unspecified atom stereocenters. The zero-order chi connectivity index (χ0) is 32.9. The van der Waals surface area contributed by atoms with Crippen molar-refractivity contribution < 1.29 is 0 Å². The van der Waals surface area contributed by atoms with Crippen molar-refractivity contribution in [2.24, 2.45) is 5.92 Å². The van der Waals surface area contributed by atoms with Gasteiger partial charge in [0.1, 0.15) is 6.07 Å². The molecule has 48 heavy (non-hydrogen) atoms. The van der Waals surface area contributed by atoms with E-state index < -0.39 is 0 Å². The van der Waals surface area contributed by atoms with E-state index in [2.05, 4.69) is 79.5 Å². The van der Waals surface area contributed by atoms with E-state index >= 15 is 0 Å². The van der Waals surface area contributed by atoms with Crippen molar-refractivity contribution in [2.75, 3.05) is 0 Å².